The topological polar surface area (TPSA) is 108 Å². The minimum atomic E-state index is -0.620. The second-order valence-electron chi connectivity index (χ2n) is 5.26. The molecule has 9 nitrogen and oxygen atoms in total. The lowest BCUT2D eigenvalue weighted by atomic mass is 10.2. The first-order valence-electron chi connectivity index (χ1n) is 7.86. The number of nitrogens with zero attached hydrogens (tertiary/aromatic N) is 1. The number of aromatic nitrogens is 1. The largest absolute Gasteiger partial charge is 0.493 e. The Morgan fingerprint density at radius 3 is 2.26 bits per heavy atom. The second-order valence-corrected chi connectivity index (χ2v) is 6.03. The normalized spacial score (nSPS) is 10.1. The zero-order valence-corrected chi connectivity index (χ0v) is 16.5. The third kappa shape index (κ3) is 4.59. The number of methoxy groups -OCH3 is 3. The summed E-state index contributed by atoms with van der Waals surface area (Å²) in [5, 5.41) is 6.09. The zero-order chi connectivity index (χ0) is 20.0. The van der Waals surface area contributed by atoms with Gasteiger partial charge in [-0.05, 0) is 18.5 Å². The van der Waals surface area contributed by atoms with Crippen molar-refractivity contribution in [2.45, 2.75) is 6.92 Å². The minimum Gasteiger partial charge on any atom is -0.493 e. The SMILES string of the molecule is CNc1snc(C)c1C(=O)OCC(=O)Nc1cc(OC)c(OC)c(OC)c1. The number of esters is 1. The van der Waals surface area contributed by atoms with Crippen molar-refractivity contribution in [1.29, 1.82) is 0 Å². The summed E-state index contributed by atoms with van der Waals surface area (Å²) in [6.45, 7) is 1.25. The molecule has 0 unspecified atom stereocenters. The molecule has 0 bridgehead atoms. The average Bonchev–Trinajstić information content (AvgIpc) is 3.05. The molecule has 10 heteroatoms. The Labute approximate surface area is 160 Å². The van der Waals surface area contributed by atoms with E-state index in [2.05, 4.69) is 15.0 Å². The molecule has 0 saturated heterocycles. The number of nitrogens with one attached hydrogen (secondary N) is 2. The number of anilines is 2. The summed E-state index contributed by atoms with van der Waals surface area (Å²) in [6, 6.07) is 3.15. The maximum Gasteiger partial charge on any atom is 0.343 e. The molecule has 0 aliphatic carbocycles. The molecule has 1 heterocycles. The molecule has 2 rings (SSSR count). The van der Waals surface area contributed by atoms with E-state index in [-0.39, 0.29) is 0 Å². The fourth-order valence-electron chi connectivity index (χ4n) is 2.33. The van der Waals surface area contributed by atoms with Crippen molar-refractivity contribution in [1.82, 2.24) is 4.37 Å². The second kappa shape index (κ2) is 9.08. The number of ether oxygens (including phenoxy) is 4. The Balaban J connectivity index is 2.05. The van der Waals surface area contributed by atoms with Crippen molar-refractivity contribution in [3.05, 3.63) is 23.4 Å². The molecule has 0 radical (unpaired) electrons. The molecule has 0 saturated carbocycles. The zero-order valence-electron chi connectivity index (χ0n) is 15.7. The van der Waals surface area contributed by atoms with E-state index in [0.29, 0.717) is 39.2 Å². The quantitative estimate of drug-likeness (QED) is 0.656. The smallest absolute Gasteiger partial charge is 0.343 e. The number of rotatable bonds is 8. The molecule has 2 N–H and O–H groups in total. The monoisotopic (exact) mass is 395 g/mol. The van der Waals surface area contributed by atoms with Gasteiger partial charge < -0.3 is 29.6 Å². The molecular formula is C17H21N3O6S. The van der Waals surface area contributed by atoms with Gasteiger partial charge in [-0.3, -0.25) is 4.79 Å². The Morgan fingerprint density at radius 1 is 1.11 bits per heavy atom. The van der Waals surface area contributed by atoms with Gasteiger partial charge in [-0.2, -0.15) is 4.37 Å². The number of amides is 1. The molecule has 1 aromatic carbocycles. The summed E-state index contributed by atoms with van der Waals surface area (Å²) < 4.78 is 24.9. The van der Waals surface area contributed by atoms with Crippen molar-refractivity contribution >= 4 is 34.1 Å². The molecule has 0 aliphatic rings. The summed E-state index contributed by atoms with van der Waals surface area (Å²) in [4.78, 5) is 24.4. The third-order valence-corrected chi connectivity index (χ3v) is 4.53. The van der Waals surface area contributed by atoms with Crippen LogP contribution in [0.25, 0.3) is 0 Å². The lowest BCUT2D eigenvalue weighted by Crippen LogP contribution is -2.21. The number of benzene rings is 1. The summed E-state index contributed by atoms with van der Waals surface area (Å²) >= 11 is 1.15. The van der Waals surface area contributed by atoms with Gasteiger partial charge in [-0.1, -0.05) is 0 Å². The van der Waals surface area contributed by atoms with Gasteiger partial charge in [-0.15, -0.1) is 0 Å². The summed E-state index contributed by atoms with van der Waals surface area (Å²) in [5.41, 5.74) is 1.28. The van der Waals surface area contributed by atoms with E-state index < -0.39 is 18.5 Å². The van der Waals surface area contributed by atoms with Crippen molar-refractivity contribution in [3.63, 3.8) is 0 Å². The van der Waals surface area contributed by atoms with Gasteiger partial charge in [0.05, 0.1) is 27.0 Å². The lowest BCUT2D eigenvalue weighted by molar-refractivity contribution is -0.119. The standard InChI is InChI=1S/C17H21N3O6S/c1-9-14(16(18-2)27-20-9)17(22)26-8-13(21)19-10-6-11(23-3)15(25-5)12(7-10)24-4/h6-7,18H,8H2,1-5H3,(H,19,21). The van der Waals surface area contributed by atoms with Gasteiger partial charge in [0.1, 0.15) is 10.6 Å². The van der Waals surface area contributed by atoms with Crippen LogP contribution in [-0.4, -0.2) is 51.2 Å². The number of hydrogen-bond acceptors (Lipinski definition) is 9. The van der Waals surface area contributed by atoms with E-state index in [1.54, 1.807) is 26.1 Å². The van der Waals surface area contributed by atoms with Crippen LogP contribution in [-0.2, 0) is 9.53 Å². The Kier molecular flexibility index (Phi) is 6.83. The van der Waals surface area contributed by atoms with Gasteiger partial charge in [0.15, 0.2) is 18.1 Å². The fraction of sp³-hybridized carbons (Fsp3) is 0.353. The molecule has 27 heavy (non-hydrogen) atoms. The Bertz CT molecular complexity index is 811. The van der Waals surface area contributed by atoms with E-state index >= 15 is 0 Å². The third-order valence-electron chi connectivity index (χ3n) is 3.58. The van der Waals surface area contributed by atoms with E-state index in [4.69, 9.17) is 18.9 Å². The first-order valence-corrected chi connectivity index (χ1v) is 8.63. The Morgan fingerprint density at radius 2 is 1.74 bits per heavy atom. The first kappa shape index (κ1) is 20.3. The van der Waals surface area contributed by atoms with Gasteiger partial charge in [0.2, 0.25) is 5.75 Å². The number of carbonyl (C=O) groups excluding carboxylic acids is 2. The molecule has 2 aromatic rings. The molecule has 1 aromatic heterocycles. The van der Waals surface area contributed by atoms with Gasteiger partial charge in [0.25, 0.3) is 5.91 Å². The highest BCUT2D eigenvalue weighted by Gasteiger charge is 2.20. The minimum absolute atomic E-state index is 0.322. The molecule has 0 atom stereocenters. The van der Waals surface area contributed by atoms with Crippen LogP contribution >= 0.6 is 11.5 Å². The van der Waals surface area contributed by atoms with Crippen LogP contribution in [0.1, 0.15) is 16.1 Å². The van der Waals surface area contributed by atoms with Crippen LogP contribution in [0.15, 0.2) is 12.1 Å². The van der Waals surface area contributed by atoms with Crippen LogP contribution in [0, 0.1) is 6.92 Å². The maximum absolute atomic E-state index is 12.2. The van der Waals surface area contributed by atoms with E-state index in [1.807, 2.05) is 0 Å². The van der Waals surface area contributed by atoms with E-state index in [0.717, 1.165) is 11.5 Å². The highest BCUT2D eigenvalue weighted by atomic mass is 32.1. The van der Waals surface area contributed by atoms with Crippen molar-refractivity contribution in [2.24, 2.45) is 0 Å². The number of hydrogen-bond donors (Lipinski definition) is 2. The van der Waals surface area contributed by atoms with E-state index in [9.17, 15) is 9.59 Å². The highest BCUT2D eigenvalue weighted by molar-refractivity contribution is 7.10. The van der Waals surface area contributed by atoms with E-state index in [1.165, 1.54) is 21.3 Å². The van der Waals surface area contributed by atoms with Gasteiger partial charge in [0, 0.05) is 24.9 Å². The molecular weight excluding hydrogens is 374 g/mol. The number of aryl methyl sites for hydroxylation is 1. The average molecular weight is 395 g/mol. The first-order chi connectivity index (χ1) is 12.9. The van der Waals surface area contributed by atoms with Gasteiger partial charge >= 0.3 is 5.97 Å². The summed E-state index contributed by atoms with van der Waals surface area (Å²) in [7, 11) is 6.11. The van der Waals surface area contributed by atoms with Crippen molar-refractivity contribution in [3.8, 4) is 17.2 Å². The van der Waals surface area contributed by atoms with Crippen LogP contribution in [0.3, 0.4) is 0 Å². The predicted molar refractivity (Wildman–Crippen MR) is 101 cm³/mol. The molecule has 0 fully saturated rings. The van der Waals surface area contributed by atoms with Crippen molar-refractivity contribution < 1.29 is 28.5 Å². The summed E-state index contributed by atoms with van der Waals surface area (Å²) in [5.74, 6) is 0.0603. The van der Waals surface area contributed by atoms with Crippen LogP contribution in [0.5, 0.6) is 17.2 Å². The molecule has 146 valence electrons. The van der Waals surface area contributed by atoms with Crippen LogP contribution < -0.4 is 24.8 Å². The predicted octanol–water partition coefficient (Wildman–Crippen LogP) is 2.31. The molecule has 0 spiro atoms. The van der Waals surface area contributed by atoms with Crippen molar-refractivity contribution in [2.75, 3.05) is 45.6 Å². The Hall–Kier alpha value is -3.01. The highest BCUT2D eigenvalue weighted by Crippen LogP contribution is 2.39. The van der Waals surface area contributed by atoms with Crippen LogP contribution in [0.4, 0.5) is 10.7 Å². The van der Waals surface area contributed by atoms with Gasteiger partial charge in [-0.25, -0.2) is 4.79 Å². The summed E-state index contributed by atoms with van der Waals surface area (Å²) in [6.07, 6.45) is 0. The fourth-order valence-corrected chi connectivity index (χ4v) is 3.07. The molecule has 0 aliphatic heterocycles. The maximum atomic E-state index is 12.2. The van der Waals surface area contributed by atoms with Crippen LogP contribution in [0.2, 0.25) is 0 Å². The molecule has 1 amide bonds. The number of carbonyl (C=O) groups is 2. The lowest BCUT2D eigenvalue weighted by Gasteiger charge is -2.14.